The molecular weight excluding hydrogens is 394 g/mol. The zero-order valence-electron chi connectivity index (χ0n) is 15.3. The number of hydrogen-bond donors (Lipinski definition) is 0. The Balaban J connectivity index is 1.51. The number of benzene rings is 1. The summed E-state index contributed by atoms with van der Waals surface area (Å²) in [6.07, 6.45) is 3.80. The maximum atomic E-state index is 12.6. The van der Waals surface area contributed by atoms with Crippen LogP contribution in [-0.2, 0) is 11.3 Å². The van der Waals surface area contributed by atoms with Gasteiger partial charge in [0.1, 0.15) is 17.4 Å². The Kier molecular flexibility index (Phi) is 5.31. The molecule has 4 aromatic rings. The van der Waals surface area contributed by atoms with Gasteiger partial charge in [-0.3, -0.25) is 4.40 Å². The molecule has 0 bridgehead atoms. The molecule has 0 N–H and O–H groups in total. The number of thioether (sulfide) groups is 1. The lowest BCUT2D eigenvalue weighted by atomic mass is 10.2. The Labute approximate surface area is 170 Å². The maximum absolute atomic E-state index is 12.6. The van der Waals surface area contributed by atoms with Crippen molar-refractivity contribution in [3.8, 4) is 16.3 Å². The third-order valence-electron chi connectivity index (χ3n) is 4.13. The maximum Gasteiger partial charge on any atom is 0.359 e. The molecule has 3 aromatic heterocycles. The first-order valence-electron chi connectivity index (χ1n) is 8.47. The van der Waals surface area contributed by atoms with E-state index in [1.165, 1.54) is 23.1 Å². The van der Waals surface area contributed by atoms with Crippen molar-refractivity contribution in [3.05, 3.63) is 65.4 Å². The zero-order chi connectivity index (χ0) is 19.5. The van der Waals surface area contributed by atoms with E-state index in [0.717, 1.165) is 27.0 Å². The van der Waals surface area contributed by atoms with E-state index in [1.54, 1.807) is 7.11 Å². The van der Waals surface area contributed by atoms with E-state index in [0.29, 0.717) is 11.4 Å². The molecule has 1 aromatic carbocycles. The molecular formula is C20H17N3O3S2. The topological polar surface area (TPSA) is 65.7 Å². The number of para-hydroxylation sites is 1. The number of thiazole rings is 1. The van der Waals surface area contributed by atoms with Gasteiger partial charge in [0.05, 0.1) is 23.9 Å². The van der Waals surface area contributed by atoms with Crippen molar-refractivity contribution < 1.29 is 14.3 Å². The van der Waals surface area contributed by atoms with Gasteiger partial charge in [0.2, 0.25) is 0 Å². The van der Waals surface area contributed by atoms with Gasteiger partial charge in [-0.1, -0.05) is 30.0 Å². The zero-order valence-corrected chi connectivity index (χ0v) is 16.9. The van der Waals surface area contributed by atoms with Crippen LogP contribution in [0.2, 0.25) is 0 Å². The first-order chi connectivity index (χ1) is 13.7. The second-order valence-electron chi connectivity index (χ2n) is 5.82. The summed E-state index contributed by atoms with van der Waals surface area (Å²) in [6.45, 7) is 0.0882. The lowest BCUT2D eigenvalue weighted by molar-refractivity contribution is 0.0464. The Bertz CT molecular complexity index is 1140. The molecule has 0 fully saturated rings. The largest absolute Gasteiger partial charge is 0.496 e. The number of esters is 1. The third kappa shape index (κ3) is 3.48. The number of nitrogens with zero attached hydrogens (tertiary/aromatic N) is 3. The third-order valence-corrected chi connectivity index (χ3v) is 5.71. The summed E-state index contributed by atoms with van der Waals surface area (Å²) in [5.74, 6) is 0.297. The standard InChI is InChI=1S/C20H17N3O3S2/c1-25-16-9-4-3-7-14(16)18-21-13(12-28-18)11-26-19(24)17-15-8-5-6-10-23(15)20(22-17)27-2/h3-10,12H,11H2,1-2H3. The molecule has 0 spiro atoms. The first kappa shape index (κ1) is 18.5. The van der Waals surface area contributed by atoms with E-state index < -0.39 is 5.97 Å². The smallest absolute Gasteiger partial charge is 0.359 e. The van der Waals surface area contributed by atoms with Crippen LogP contribution in [0.3, 0.4) is 0 Å². The fraction of sp³-hybridized carbons (Fsp3) is 0.150. The van der Waals surface area contributed by atoms with E-state index in [2.05, 4.69) is 9.97 Å². The average molecular weight is 412 g/mol. The molecule has 0 aliphatic rings. The van der Waals surface area contributed by atoms with Crippen molar-refractivity contribution >= 4 is 34.6 Å². The van der Waals surface area contributed by atoms with Gasteiger partial charge >= 0.3 is 5.97 Å². The van der Waals surface area contributed by atoms with Crippen molar-refractivity contribution in [2.45, 2.75) is 11.8 Å². The summed E-state index contributed by atoms with van der Waals surface area (Å²) in [6, 6.07) is 13.3. The molecule has 0 aliphatic carbocycles. The van der Waals surface area contributed by atoms with Gasteiger partial charge in [-0.2, -0.15) is 0 Å². The molecule has 0 unspecified atom stereocenters. The number of rotatable bonds is 6. The predicted molar refractivity (Wildman–Crippen MR) is 110 cm³/mol. The van der Waals surface area contributed by atoms with Crippen molar-refractivity contribution in [1.82, 2.24) is 14.4 Å². The number of methoxy groups -OCH3 is 1. The highest BCUT2D eigenvalue weighted by atomic mass is 32.2. The van der Waals surface area contributed by atoms with Crippen LogP contribution in [0.5, 0.6) is 5.75 Å². The number of carbonyl (C=O) groups excluding carboxylic acids is 1. The van der Waals surface area contributed by atoms with Crippen LogP contribution in [0.25, 0.3) is 16.1 Å². The van der Waals surface area contributed by atoms with E-state index in [1.807, 2.05) is 64.7 Å². The molecule has 4 rings (SSSR count). The van der Waals surface area contributed by atoms with Crippen LogP contribution >= 0.6 is 23.1 Å². The molecule has 0 saturated heterocycles. The molecule has 3 heterocycles. The summed E-state index contributed by atoms with van der Waals surface area (Å²) in [5.41, 5.74) is 2.64. The molecule has 0 radical (unpaired) electrons. The highest BCUT2D eigenvalue weighted by molar-refractivity contribution is 7.98. The van der Waals surface area contributed by atoms with E-state index in [-0.39, 0.29) is 6.61 Å². The van der Waals surface area contributed by atoms with Crippen LogP contribution in [-0.4, -0.2) is 33.7 Å². The van der Waals surface area contributed by atoms with Crippen molar-refractivity contribution in [2.24, 2.45) is 0 Å². The molecule has 8 heteroatoms. The van der Waals surface area contributed by atoms with Gasteiger partial charge in [0.25, 0.3) is 0 Å². The molecule has 0 saturated carbocycles. The molecule has 0 amide bonds. The van der Waals surface area contributed by atoms with Crippen molar-refractivity contribution in [2.75, 3.05) is 13.4 Å². The lowest BCUT2D eigenvalue weighted by Gasteiger charge is -2.04. The Morgan fingerprint density at radius 1 is 1.18 bits per heavy atom. The monoisotopic (exact) mass is 411 g/mol. The summed E-state index contributed by atoms with van der Waals surface area (Å²) >= 11 is 2.96. The van der Waals surface area contributed by atoms with E-state index in [9.17, 15) is 4.79 Å². The molecule has 6 nitrogen and oxygen atoms in total. The lowest BCUT2D eigenvalue weighted by Crippen LogP contribution is -2.06. The van der Waals surface area contributed by atoms with Gasteiger partial charge in [-0.05, 0) is 30.5 Å². The number of ether oxygens (including phenoxy) is 2. The van der Waals surface area contributed by atoms with Crippen LogP contribution in [0.1, 0.15) is 16.2 Å². The minimum Gasteiger partial charge on any atom is -0.496 e. The Morgan fingerprint density at radius 2 is 2.00 bits per heavy atom. The fourth-order valence-electron chi connectivity index (χ4n) is 2.83. The highest BCUT2D eigenvalue weighted by Crippen LogP contribution is 2.32. The number of aromatic nitrogens is 3. The first-order valence-corrected chi connectivity index (χ1v) is 10.6. The highest BCUT2D eigenvalue weighted by Gasteiger charge is 2.19. The Hall–Kier alpha value is -2.84. The quantitative estimate of drug-likeness (QED) is 0.343. The van der Waals surface area contributed by atoms with E-state index in [4.69, 9.17) is 9.47 Å². The van der Waals surface area contributed by atoms with Gasteiger partial charge in [-0.15, -0.1) is 11.3 Å². The summed E-state index contributed by atoms with van der Waals surface area (Å²) < 4.78 is 12.7. The second-order valence-corrected chi connectivity index (χ2v) is 7.45. The second kappa shape index (κ2) is 8.04. The van der Waals surface area contributed by atoms with Crippen LogP contribution in [0, 0.1) is 0 Å². The van der Waals surface area contributed by atoms with Gasteiger partial charge in [-0.25, -0.2) is 14.8 Å². The van der Waals surface area contributed by atoms with Crippen LogP contribution in [0.4, 0.5) is 0 Å². The van der Waals surface area contributed by atoms with Crippen molar-refractivity contribution in [1.29, 1.82) is 0 Å². The number of pyridine rings is 1. The molecule has 28 heavy (non-hydrogen) atoms. The molecule has 142 valence electrons. The van der Waals surface area contributed by atoms with Crippen LogP contribution < -0.4 is 4.74 Å². The fourth-order valence-corrected chi connectivity index (χ4v) is 4.20. The van der Waals surface area contributed by atoms with Crippen molar-refractivity contribution in [3.63, 3.8) is 0 Å². The summed E-state index contributed by atoms with van der Waals surface area (Å²) in [7, 11) is 1.63. The predicted octanol–water partition coefficient (Wildman–Crippen LogP) is 4.55. The summed E-state index contributed by atoms with van der Waals surface area (Å²) in [5, 5.41) is 3.45. The SMILES string of the molecule is COc1ccccc1-c1nc(COC(=O)c2nc(SC)n3ccccc23)cs1. The average Bonchev–Trinajstić information content (AvgIpc) is 3.36. The van der Waals surface area contributed by atoms with Crippen LogP contribution in [0.15, 0.2) is 59.2 Å². The molecule has 0 aliphatic heterocycles. The minimum atomic E-state index is -0.462. The van der Waals surface area contributed by atoms with E-state index >= 15 is 0 Å². The van der Waals surface area contributed by atoms with Gasteiger partial charge < -0.3 is 9.47 Å². The number of fused-ring (bicyclic) bond motifs is 1. The number of carbonyl (C=O) groups is 1. The number of hydrogen-bond acceptors (Lipinski definition) is 7. The number of imidazole rings is 1. The molecule has 0 atom stereocenters. The Morgan fingerprint density at radius 3 is 2.82 bits per heavy atom. The normalized spacial score (nSPS) is 10.9. The van der Waals surface area contributed by atoms with Gasteiger partial charge in [0, 0.05) is 11.6 Å². The summed E-state index contributed by atoms with van der Waals surface area (Å²) in [4.78, 5) is 21.6. The van der Waals surface area contributed by atoms with Gasteiger partial charge in [0.15, 0.2) is 10.9 Å². The minimum absolute atomic E-state index is 0.0882.